The van der Waals surface area contributed by atoms with Crippen molar-refractivity contribution < 1.29 is 14.4 Å². The first-order valence-electron chi connectivity index (χ1n) is 11.6. The van der Waals surface area contributed by atoms with E-state index in [1.54, 1.807) is 43.4 Å². The smallest absolute Gasteiger partial charge is 0.349 e. The first kappa shape index (κ1) is 25.6. The molecule has 5 N–H and O–H groups in total. The molecule has 3 aromatic rings. The zero-order chi connectivity index (χ0) is 27.2. The van der Waals surface area contributed by atoms with Crippen molar-refractivity contribution in [2.24, 2.45) is 0 Å². The largest absolute Gasteiger partial charge is 0.368 e. The van der Waals surface area contributed by atoms with Crippen LogP contribution in [0.15, 0.2) is 67.3 Å². The molecule has 0 radical (unpaired) electrons. The van der Waals surface area contributed by atoms with E-state index in [4.69, 9.17) is 5.73 Å². The summed E-state index contributed by atoms with van der Waals surface area (Å²) >= 11 is 0. The predicted molar refractivity (Wildman–Crippen MR) is 142 cm³/mol. The maximum Gasteiger partial charge on any atom is 0.349 e. The van der Waals surface area contributed by atoms with Crippen molar-refractivity contribution >= 4 is 46.7 Å². The number of nitrogen functional groups attached to an aromatic ring is 1. The predicted octanol–water partition coefficient (Wildman–Crippen LogP) is 2.74. The highest BCUT2D eigenvalue weighted by Crippen LogP contribution is 2.26. The fourth-order valence-corrected chi connectivity index (χ4v) is 3.87. The Bertz CT molecular complexity index is 1450. The summed E-state index contributed by atoms with van der Waals surface area (Å²) in [7, 11) is 1.55. The number of hydrogen-bond donors (Lipinski definition) is 4. The van der Waals surface area contributed by atoms with Gasteiger partial charge < -0.3 is 26.6 Å². The lowest BCUT2D eigenvalue weighted by molar-refractivity contribution is -0.126. The highest BCUT2D eigenvalue weighted by molar-refractivity contribution is 5.94. The molecule has 2 aromatic carbocycles. The summed E-state index contributed by atoms with van der Waals surface area (Å²) in [5, 5.41) is 21.6. The number of hydrogen-bond acceptors (Lipinski definition) is 8. The standard InChI is InChI=1S/C26H25N9O3/c1-3-22(36)34-15-18(8-13-21(34)14-27)16-4-9-20(10-5-16)31-26(38)35-24(28)32-25(33-35)30-19-11-6-17(7-12-19)23(37)29-2/h3-12,21H,1,13,15H2,2H3,(H,29,37)(H,31,38)(H3,28,30,32,33). The lowest BCUT2D eigenvalue weighted by Gasteiger charge is -2.31. The number of benzene rings is 2. The van der Waals surface area contributed by atoms with Gasteiger partial charge in [-0.1, -0.05) is 24.8 Å². The quantitative estimate of drug-likeness (QED) is 0.366. The minimum Gasteiger partial charge on any atom is -0.368 e. The molecule has 0 saturated heterocycles. The van der Waals surface area contributed by atoms with Crippen molar-refractivity contribution in [3.63, 3.8) is 0 Å². The second kappa shape index (κ2) is 11.1. The lowest BCUT2D eigenvalue weighted by Crippen LogP contribution is -2.41. The molecule has 0 bridgehead atoms. The van der Waals surface area contributed by atoms with Crippen molar-refractivity contribution in [2.75, 3.05) is 30.0 Å². The Morgan fingerprint density at radius 1 is 1.13 bits per heavy atom. The number of rotatable bonds is 6. The molecule has 2 heterocycles. The van der Waals surface area contributed by atoms with E-state index in [2.05, 4.69) is 38.7 Å². The Morgan fingerprint density at radius 2 is 1.82 bits per heavy atom. The summed E-state index contributed by atoms with van der Waals surface area (Å²) in [4.78, 5) is 42.1. The zero-order valence-electron chi connectivity index (χ0n) is 20.5. The lowest BCUT2D eigenvalue weighted by atomic mass is 9.97. The van der Waals surface area contributed by atoms with Crippen molar-refractivity contribution in [3.8, 4) is 6.07 Å². The van der Waals surface area contributed by atoms with Crippen LogP contribution in [0.5, 0.6) is 0 Å². The first-order valence-corrected chi connectivity index (χ1v) is 11.6. The molecule has 4 rings (SSSR count). The third kappa shape index (κ3) is 5.52. The van der Waals surface area contributed by atoms with Crippen molar-refractivity contribution in [2.45, 2.75) is 12.5 Å². The Hall–Kier alpha value is -5.44. The number of carbonyl (C=O) groups is 3. The molecule has 0 aliphatic carbocycles. The van der Waals surface area contributed by atoms with Crippen LogP contribution in [0, 0.1) is 11.3 Å². The normalized spacial score (nSPS) is 14.6. The number of nitrogens with two attached hydrogens (primary N) is 1. The molecule has 0 fully saturated rings. The highest BCUT2D eigenvalue weighted by Gasteiger charge is 2.26. The fourth-order valence-electron chi connectivity index (χ4n) is 3.87. The number of aromatic nitrogens is 3. The van der Waals surface area contributed by atoms with E-state index in [1.165, 1.54) is 11.0 Å². The van der Waals surface area contributed by atoms with Crippen LogP contribution in [0.25, 0.3) is 5.57 Å². The van der Waals surface area contributed by atoms with Gasteiger partial charge in [0.2, 0.25) is 17.8 Å². The second-order valence-electron chi connectivity index (χ2n) is 8.27. The molecule has 12 heteroatoms. The molecule has 1 aliphatic rings. The molecule has 1 unspecified atom stereocenters. The van der Waals surface area contributed by atoms with Crippen LogP contribution in [0.3, 0.4) is 0 Å². The third-order valence-electron chi connectivity index (χ3n) is 5.87. The molecule has 192 valence electrons. The molecular formula is C26H25N9O3. The van der Waals surface area contributed by atoms with Gasteiger partial charge in [-0.05, 0) is 60.0 Å². The van der Waals surface area contributed by atoms with Crippen molar-refractivity contribution in [3.05, 3.63) is 78.4 Å². The van der Waals surface area contributed by atoms with Gasteiger partial charge in [-0.2, -0.15) is 10.2 Å². The number of nitriles is 1. The van der Waals surface area contributed by atoms with E-state index in [0.29, 0.717) is 23.4 Å². The molecule has 1 aliphatic heterocycles. The molecule has 0 saturated carbocycles. The Kier molecular flexibility index (Phi) is 7.48. The van der Waals surface area contributed by atoms with E-state index >= 15 is 0 Å². The number of nitrogens with one attached hydrogen (secondary N) is 3. The van der Waals surface area contributed by atoms with Crippen molar-refractivity contribution in [1.82, 2.24) is 25.0 Å². The minimum absolute atomic E-state index is 0.110. The minimum atomic E-state index is -0.609. The van der Waals surface area contributed by atoms with E-state index in [-0.39, 0.29) is 30.3 Å². The summed E-state index contributed by atoms with van der Waals surface area (Å²) < 4.78 is 0.930. The second-order valence-corrected chi connectivity index (χ2v) is 8.27. The van der Waals surface area contributed by atoms with Gasteiger partial charge in [0, 0.05) is 30.5 Å². The summed E-state index contributed by atoms with van der Waals surface area (Å²) in [6.07, 6.45) is 3.56. The van der Waals surface area contributed by atoms with Crippen LogP contribution in [0.2, 0.25) is 0 Å². The molecule has 0 spiro atoms. The average molecular weight is 512 g/mol. The van der Waals surface area contributed by atoms with Gasteiger partial charge in [0.25, 0.3) is 5.91 Å². The number of amides is 3. The SMILES string of the molecule is C=CC(=O)N1CC(c2ccc(NC(=O)n3nc(Nc4ccc(C(=O)NC)cc4)nc3N)cc2)=CCC1C#N. The summed E-state index contributed by atoms with van der Waals surface area (Å²) in [6, 6.07) is 14.7. The van der Waals surface area contributed by atoms with Crippen LogP contribution < -0.4 is 21.7 Å². The monoisotopic (exact) mass is 511 g/mol. The van der Waals surface area contributed by atoms with Crippen molar-refractivity contribution in [1.29, 1.82) is 5.26 Å². The van der Waals surface area contributed by atoms with Crippen LogP contribution >= 0.6 is 0 Å². The van der Waals surface area contributed by atoms with Crippen LogP contribution in [0.4, 0.5) is 28.1 Å². The maximum absolute atomic E-state index is 12.8. The van der Waals surface area contributed by atoms with Gasteiger partial charge in [-0.15, -0.1) is 9.78 Å². The molecular weight excluding hydrogens is 486 g/mol. The number of anilines is 4. The van der Waals surface area contributed by atoms with E-state index in [0.717, 1.165) is 15.8 Å². The van der Waals surface area contributed by atoms with E-state index < -0.39 is 12.1 Å². The van der Waals surface area contributed by atoms with Gasteiger partial charge in [0.15, 0.2) is 0 Å². The van der Waals surface area contributed by atoms with Gasteiger partial charge in [-0.25, -0.2) is 4.79 Å². The zero-order valence-corrected chi connectivity index (χ0v) is 20.5. The van der Waals surface area contributed by atoms with Crippen LogP contribution in [0.1, 0.15) is 22.3 Å². The third-order valence-corrected chi connectivity index (χ3v) is 5.87. The topological polar surface area (TPSA) is 171 Å². The molecule has 1 aromatic heterocycles. The number of nitrogens with zero attached hydrogens (tertiary/aromatic N) is 5. The van der Waals surface area contributed by atoms with E-state index in [1.807, 2.05) is 18.2 Å². The first-order chi connectivity index (χ1) is 18.3. The Morgan fingerprint density at radius 3 is 2.45 bits per heavy atom. The average Bonchev–Trinajstić information content (AvgIpc) is 3.32. The summed E-state index contributed by atoms with van der Waals surface area (Å²) in [5.74, 6) is -0.513. The van der Waals surface area contributed by atoms with E-state index in [9.17, 15) is 19.6 Å². The van der Waals surface area contributed by atoms with Crippen LogP contribution in [-0.2, 0) is 4.79 Å². The Balaban J connectivity index is 1.41. The molecule has 1 atom stereocenters. The van der Waals surface area contributed by atoms with Crippen LogP contribution in [-0.4, -0.2) is 57.1 Å². The molecule has 3 amide bonds. The van der Waals surface area contributed by atoms with Gasteiger partial charge >= 0.3 is 6.03 Å². The van der Waals surface area contributed by atoms with Gasteiger partial charge in [0.05, 0.1) is 6.07 Å². The van der Waals surface area contributed by atoms with Gasteiger partial charge in [-0.3, -0.25) is 9.59 Å². The maximum atomic E-state index is 12.8. The summed E-state index contributed by atoms with van der Waals surface area (Å²) in [6.45, 7) is 3.80. The number of carbonyl (C=O) groups excluding carboxylic acids is 3. The molecule has 12 nitrogen and oxygen atoms in total. The fraction of sp³-hybridized carbons (Fsp3) is 0.154. The Labute approximate surface area is 218 Å². The molecule has 38 heavy (non-hydrogen) atoms. The summed E-state index contributed by atoms with van der Waals surface area (Å²) in [5.41, 5.74) is 9.24. The highest BCUT2D eigenvalue weighted by atomic mass is 16.2. The van der Waals surface area contributed by atoms with Gasteiger partial charge in [0.1, 0.15) is 6.04 Å².